The van der Waals surface area contributed by atoms with Crippen molar-refractivity contribution in [2.45, 2.75) is 37.9 Å². The van der Waals surface area contributed by atoms with E-state index in [0.717, 1.165) is 18.7 Å². The first-order valence-electron chi connectivity index (χ1n) is 6.91. The summed E-state index contributed by atoms with van der Waals surface area (Å²) in [7, 11) is 0. The number of anilines is 1. The number of nitrogens with two attached hydrogens (primary N) is 1. The highest BCUT2D eigenvalue weighted by molar-refractivity contribution is 14.0. The van der Waals surface area contributed by atoms with Gasteiger partial charge in [-0.1, -0.05) is 19.1 Å². The van der Waals surface area contributed by atoms with E-state index in [1.54, 1.807) is 0 Å². The number of hydrogen-bond acceptors (Lipinski definition) is 2. The zero-order chi connectivity index (χ0) is 13.7. The zero-order valence-electron chi connectivity index (χ0n) is 12.2. The van der Waals surface area contributed by atoms with E-state index >= 15 is 0 Å². The molecule has 112 valence electrons. The monoisotopic (exact) mass is 405 g/mol. The Bertz CT molecular complexity index is 439. The van der Waals surface area contributed by atoms with Gasteiger partial charge in [0.25, 0.3) is 0 Å². The van der Waals surface area contributed by atoms with Gasteiger partial charge in [-0.2, -0.15) is 11.8 Å². The second-order valence-electron chi connectivity index (χ2n) is 5.28. The summed E-state index contributed by atoms with van der Waals surface area (Å²) in [6, 6.07) is 8.33. The van der Waals surface area contributed by atoms with Gasteiger partial charge >= 0.3 is 0 Å². The van der Waals surface area contributed by atoms with Crippen LogP contribution in [0.2, 0.25) is 0 Å². The Labute approximate surface area is 143 Å². The van der Waals surface area contributed by atoms with E-state index in [2.05, 4.69) is 36.3 Å². The number of rotatable bonds is 4. The molecule has 0 saturated carbocycles. The molecule has 1 unspecified atom stereocenters. The lowest BCUT2D eigenvalue weighted by Gasteiger charge is -2.19. The van der Waals surface area contributed by atoms with E-state index in [0.29, 0.717) is 5.96 Å². The predicted molar refractivity (Wildman–Crippen MR) is 101 cm³/mol. The van der Waals surface area contributed by atoms with Crippen LogP contribution in [0.4, 0.5) is 5.69 Å². The summed E-state index contributed by atoms with van der Waals surface area (Å²) in [6.45, 7) is 5.22. The highest BCUT2D eigenvalue weighted by atomic mass is 127. The highest BCUT2D eigenvalue weighted by Gasteiger charge is 2.28. The molecule has 3 N–H and O–H groups in total. The molecule has 0 aromatic heterocycles. The standard InChI is InChI=1S/C15H23N3S.HI/c1-3-12-5-7-13(8-6-12)18-14(16)17-11-15(2)9-4-10-19-15;/h5-8H,3-4,9-11H2,1-2H3,(H3,16,17,18);1H. The molecule has 5 heteroatoms. The molecule has 1 atom stereocenters. The van der Waals surface area contributed by atoms with Gasteiger partial charge in [0.2, 0.25) is 0 Å². The average molecular weight is 405 g/mol. The molecule has 0 aliphatic carbocycles. The number of halogens is 1. The summed E-state index contributed by atoms with van der Waals surface area (Å²) >= 11 is 2.01. The van der Waals surface area contributed by atoms with Crippen LogP contribution in [0, 0.1) is 0 Å². The van der Waals surface area contributed by atoms with Crippen molar-refractivity contribution in [2.75, 3.05) is 17.6 Å². The van der Waals surface area contributed by atoms with Crippen LogP contribution in [-0.4, -0.2) is 23.0 Å². The molecule has 2 rings (SSSR count). The number of nitrogens with zero attached hydrogens (tertiary/aromatic N) is 1. The summed E-state index contributed by atoms with van der Waals surface area (Å²) in [4.78, 5) is 4.48. The maximum atomic E-state index is 5.94. The highest BCUT2D eigenvalue weighted by Crippen LogP contribution is 2.37. The van der Waals surface area contributed by atoms with E-state index in [9.17, 15) is 0 Å². The van der Waals surface area contributed by atoms with Gasteiger partial charge in [0.05, 0.1) is 6.54 Å². The number of nitrogens with one attached hydrogen (secondary N) is 1. The number of benzene rings is 1. The van der Waals surface area contributed by atoms with Crippen LogP contribution in [0.25, 0.3) is 0 Å². The lowest BCUT2D eigenvalue weighted by atomic mass is 10.1. The third-order valence-electron chi connectivity index (χ3n) is 3.52. The van der Waals surface area contributed by atoms with Gasteiger partial charge in [-0.25, -0.2) is 0 Å². The van der Waals surface area contributed by atoms with Crippen molar-refractivity contribution in [3.8, 4) is 0 Å². The zero-order valence-corrected chi connectivity index (χ0v) is 15.3. The summed E-state index contributed by atoms with van der Waals surface area (Å²) in [5.74, 6) is 1.76. The Morgan fingerprint density at radius 2 is 2.10 bits per heavy atom. The van der Waals surface area contributed by atoms with Gasteiger partial charge < -0.3 is 11.1 Å². The lowest BCUT2D eigenvalue weighted by Crippen LogP contribution is -2.27. The fourth-order valence-electron chi connectivity index (χ4n) is 2.23. The van der Waals surface area contributed by atoms with E-state index in [-0.39, 0.29) is 28.7 Å². The van der Waals surface area contributed by atoms with Gasteiger partial charge in [0, 0.05) is 10.4 Å². The van der Waals surface area contributed by atoms with Gasteiger partial charge in [-0.3, -0.25) is 4.99 Å². The van der Waals surface area contributed by atoms with Crippen molar-refractivity contribution < 1.29 is 0 Å². The number of aliphatic imine (C=N–C) groups is 1. The minimum absolute atomic E-state index is 0. The van der Waals surface area contributed by atoms with E-state index in [1.807, 2.05) is 23.9 Å². The number of guanidine groups is 1. The second kappa shape index (κ2) is 8.12. The van der Waals surface area contributed by atoms with E-state index in [1.165, 1.54) is 24.2 Å². The molecule has 0 amide bonds. The largest absolute Gasteiger partial charge is 0.370 e. The van der Waals surface area contributed by atoms with Crippen LogP contribution in [0.3, 0.4) is 0 Å². The Hall–Kier alpha value is -0.430. The van der Waals surface area contributed by atoms with Gasteiger partial charge in [0.1, 0.15) is 0 Å². The quantitative estimate of drug-likeness (QED) is 0.454. The van der Waals surface area contributed by atoms with Crippen molar-refractivity contribution in [2.24, 2.45) is 10.7 Å². The predicted octanol–water partition coefficient (Wildman–Crippen LogP) is 3.88. The molecular weight excluding hydrogens is 381 g/mol. The molecule has 1 aliphatic rings. The fraction of sp³-hybridized carbons (Fsp3) is 0.533. The molecule has 1 fully saturated rings. The molecule has 3 nitrogen and oxygen atoms in total. The van der Waals surface area contributed by atoms with E-state index < -0.39 is 0 Å². The maximum absolute atomic E-state index is 5.94. The van der Waals surface area contributed by atoms with Crippen LogP contribution >= 0.6 is 35.7 Å². The molecule has 1 heterocycles. The number of thioether (sulfide) groups is 1. The minimum atomic E-state index is 0. The molecule has 1 aromatic carbocycles. The molecule has 1 aliphatic heterocycles. The second-order valence-corrected chi connectivity index (χ2v) is 6.96. The Morgan fingerprint density at radius 3 is 2.65 bits per heavy atom. The lowest BCUT2D eigenvalue weighted by molar-refractivity contribution is 0.619. The number of aryl methyl sites for hydroxylation is 1. The first-order chi connectivity index (χ1) is 9.11. The van der Waals surface area contributed by atoms with Crippen LogP contribution < -0.4 is 11.1 Å². The van der Waals surface area contributed by atoms with Crippen LogP contribution in [0.1, 0.15) is 32.3 Å². The normalized spacial score (nSPS) is 22.4. The number of hydrogen-bond donors (Lipinski definition) is 2. The first-order valence-corrected chi connectivity index (χ1v) is 7.90. The van der Waals surface area contributed by atoms with Crippen molar-refractivity contribution >= 4 is 47.4 Å². The van der Waals surface area contributed by atoms with Gasteiger partial charge in [0.15, 0.2) is 5.96 Å². The van der Waals surface area contributed by atoms with Crippen molar-refractivity contribution in [1.82, 2.24) is 0 Å². The Balaban J connectivity index is 0.00000200. The van der Waals surface area contributed by atoms with E-state index in [4.69, 9.17) is 5.73 Å². The Kier molecular flexibility index (Phi) is 7.15. The summed E-state index contributed by atoms with van der Waals surface area (Å²) < 4.78 is 0.276. The molecule has 0 spiro atoms. The third-order valence-corrected chi connectivity index (χ3v) is 5.04. The third kappa shape index (κ3) is 5.16. The topological polar surface area (TPSA) is 50.4 Å². The Morgan fingerprint density at radius 1 is 1.40 bits per heavy atom. The van der Waals surface area contributed by atoms with Crippen molar-refractivity contribution in [3.05, 3.63) is 29.8 Å². The van der Waals surface area contributed by atoms with Crippen molar-refractivity contribution in [3.63, 3.8) is 0 Å². The van der Waals surface area contributed by atoms with Gasteiger partial charge in [-0.15, -0.1) is 24.0 Å². The first kappa shape index (κ1) is 17.6. The molecule has 1 aromatic rings. The summed E-state index contributed by atoms with van der Waals surface area (Å²) in [6.07, 6.45) is 3.58. The SMILES string of the molecule is CCc1ccc(NC(N)=NCC2(C)CCCS2)cc1.I. The maximum Gasteiger partial charge on any atom is 0.193 e. The van der Waals surface area contributed by atoms with Crippen molar-refractivity contribution in [1.29, 1.82) is 0 Å². The fourth-order valence-corrected chi connectivity index (χ4v) is 3.45. The molecule has 0 radical (unpaired) electrons. The minimum Gasteiger partial charge on any atom is -0.370 e. The van der Waals surface area contributed by atoms with Crippen LogP contribution in [-0.2, 0) is 6.42 Å². The van der Waals surface area contributed by atoms with Gasteiger partial charge in [-0.05, 0) is 49.6 Å². The summed E-state index contributed by atoms with van der Waals surface area (Å²) in [5, 5.41) is 3.15. The molecule has 1 saturated heterocycles. The summed E-state index contributed by atoms with van der Waals surface area (Å²) in [5.41, 5.74) is 8.27. The smallest absolute Gasteiger partial charge is 0.193 e. The average Bonchev–Trinajstić information content (AvgIpc) is 2.85. The van der Waals surface area contributed by atoms with Crippen LogP contribution in [0.5, 0.6) is 0 Å². The molecule has 0 bridgehead atoms. The molecule has 20 heavy (non-hydrogen) atoms. The molecular formula is C15H24IN3S. The van der Waals surface area contributed by atoms with Crippen LogP contribution in [0.15, 0.2) is 29.3 Å².